The fraction of sp³-hybridized carbons (Fsp3) is 0.923. The molecule has 2 fully saturated rings. The van der Waals surface area contributed by atoms with Crippen molar-refractivity contribution < 1.29 is 9.53 Å². The first kappa shape index (κ1) is 13.8. The normalized spacial score (nSPS) is 25.6. The van der Waals surface area contributed by atoms with Crippen LogP contribution >= 0.6 is 0 Å². The molecule has 104 valence electrons. The van der Waals surface area contributed by atoms with Crippen LogP contribution in [0.1, 0.15) is 20.3 Å². The van der Waals surface area contributed by atoms with Gasteiger partial charge in [0.25, 0.3) is 5.91 Å². The van der Waals surface area contributed by atoms with Gasteiger partial charge in [0, 0.05) is 52.4 Å². The Kier molecular flexibility index (Phi) is 4.25. The van der Waals surface area contributed by atoms with Crippen molar-refractivity contribution in [3.63, 3.8) is 0 Å². The number of nitrogens with one attached hydrogen (secondary N) is 1. The van der Waals surface area contributed by atoms with Gasteiger partial charge in [0.15, 0.2) is 0 Å². The molecule has 0 radical (unpaired) electrons. The number of methoxy groups -OCH3 is 1. The van der Waals surface area contributed by atoms with Gasteiger partial charge < -0.3 is 15.0 Å². The molecule has 0 aliphatic carbocycles. The standard InChI is InChI=1S/C13H25N3O2/c1-4-13(2,18-3)12(17)16-9-11(10-16)15-7-5-14-6-8-15/h11,14H,4-10H2,1-3H3. The van der Waals surface area contributed by atoms with Crippen molar-refractivity contribution in [2.45, 2.75) is 31.9 Å². The summed E-state index contributed by atoms with van der Waals surface area (Å²) in [5, 5.41) is 3.35. The molecular formula is C13H25N3O2. The monoisotopic (exact) mass is 255 g/mol. The van der Waals surface area contributed by atoms with Crippen LogP contribution in [0.4, 0.5) is 0 Å². The molecule has 2 saturated heterocycles. The van der Waals surface area contributed by atoms with Gasteiger partial charge in [0.05, 0.1) is 0 Å². The zero-order valence-corrected chi connectivity index (χ0v) is 11.7. The molecular weight excluding hydrogens is 230 g/mol. The van der Waals surface area contributed by atoms with Crippen LogP contribution in [-0.4, -0.2) is 73.7 Å². The van der Waals surface area contributed by atoms with E-state index in [1.54, 1.807) is 7.11 Å². The van der Waals surface area contributed by atoms with Gasteiger partial charge in [-0.15, -0.1) is 0 Å². The third kappa shape index (κ3) is 2.53. The summed E-state index contributed by atoms with van der Waals surface area (Å²) in [5.41, 5.74) is -0.644. The molecule has 0 saturated carbocycles. The fourth-order valence-corrected chi connectivity index (χ4v) is 2.62. The van der Waals surface area contributed by atoms with E-state index in [0.717, 1.165) is 45.7 Å². The number of carbonyl (C=O) groups is 1. The highest BCUT2D eigenvalue weighted by Gasteiger charge is 2.42. The lowest BCUT2D eigenvalue weighted by molar-refractivity contribution is -0.161. The second kappa shape index (κ2) is 5.55. The molecule has 5 heteroatoms. The summed E-state index contributed by atoms with van der Waals surface area (Å²) in [5.74, 6) is 0.138. The van der Waals surface area contributed by atoms with E-state index in [0.29, 0.717) is 6.04 Å². The first-order valence-electron chi connectivity index (χ1n) is 6.90. The molecule has 0 bridgehead atoms. The number of hydrogen-bond acceptors (Lipinski definition) is 4. The van der Waals surface area contributed by atoms with E-state index in [1.165, 1.54) is 0 Å². The van der Waals surface area contributed by atoms with E-state index in [2.05, 4.69) is 10.2 Å². The minimum Gasteiger partial charge on any atom is -0.369 e. The first-order valence-corrected chi connectivity index (χ1v) is 6.90. The number of likely N-dealkylation sites (tertiary alicyclic amines) is 1. The van der Waals surface area contributed by atoms with Crippen molar-refractivity contribution in [3.8, 4) is 0 Å². The Morgan fingerprint density at radius 1 is 1.39 bits per heavy atom. The van der Waals surface area contributed by atoms with Crippen LogP contribution in [0.15, 0.2) is 0 Å². The highest BCUT2D eigenvalue weighted by Crippen LogP contribution is 2.23. The summed E-state index contributed by atoms with van der Waals surface area (Å²) in [6.45, 7) is 9.92. The van der Waals surface area contributed by atoms with Crippen LogP contribution in [0.2, 0.25) is 0 Å². The highest BCUT2D eigenvalue weighted by molar-refractivity contribution is 5.85. The number of nitrogens with zero attached hydrogens (tertiary/aromatic N) is 2. The number of amides is 1. The molecule has 2 aliphatic rings. The zero-order valence-electron chi connectivity index (χ0n) is 11.7. The van der Waals surface area contributed by atoms with E-state index in [9.17, 15) is 4.79 Å². The van der Waals surface area contributed by atoms with Gasteiger partial charge in [-0.05, 0) is 13.3 Å². The molecule has 0 aromatic heterocycles. The molecule has 0 aromatic carbocycles. The molecule has 1 unspecified atom stereocenters. The lowest BCUT2D eigenvalue weighted by Crippen LogP contribution is -2.66. The summed E-state index contributed by atoms with van der Waals surface area (Å²) in [4.78, 5) is 16.7. The third-order valence-corrected chi connectivity index (χ3v) is 4.40. The van der Waals surface area contributed by atoms with Crippen molar-refractivity contribution in [1.29, 1.82) is 0 Å². The lowest BCUT2D eigenvalue weighted by Gasteiger charge is -2.48. The molecule has 0 aromatic rings. The Bertz CT molecular complexity index is 293. The molecule has 5 nitrogen and oxygen atoms in total. The second-order valence-electron chi connectivity index (χ2n) is 5.44. The van der Waals surface area contributed by atoms with E-state index >= 15 is 0 Å². The van der Waals surface area contributed by atoms with E-state index in [4.69, 9.17) is 4.74 Å². The van der Waals surface area contributed by atoms with Gasteiger partial charge in [-0.1, -0.05) is 6.92 Å². The molecule has 2 heterocycles. The minimum absolute atomic E-state index is 0.138. The summed E-state index contributed by atoms with van der Waals surface area (Å²) >= 11 is 0. The summed E-state index contributed by atoms with van der Waals surface area (Å²) in [6, 6.07) is 0.550. The molecule has 2 aliphatic heterocycles. The van der Waals surface area contributed by atoms with Crippen LogP contribution < -0.4 is 5.32 Å². The lowest BCUT2D eigenvalue weighted by atomic mass is 9.97. The Morgan fingerprint density at radius 3 is 2.50 bits per heavy atom. The zero-order chi connectivity index (χ0) is 13.2. The molecule has 18 heavy (non-hydrogen) atoms. The van der Waals surface area contributed by atoms with E-state index in [1.807, 2.05) is 18.7 Å². The first-order chi connectivity index (χ1) is 8.60. The molecule has 1 amide bonds. The fourth-order valence-electron chi connectivity index (χ4n) is 2.62. The topological polar surface area (TPSA) is 44.8 Å². The molecule has 1 N–H and O–H groups in total. The van der Waals surface area contributed by atoms with Gasteiger partial charge in [-0.2, -0.15) is 0 Å². The number of hydrogen-bond donors (Lipinski definition) is 1. The van der Waals surface area contributed by atoms with Crippen molar-refractivity contribution in [1.82, 2.24) is 15.1 Å². The number of ether oxygens (including phenoxy) is 1. The second-order valence-corrected chi connectivity index (χ2v) is 5.44. The van der Waals surface area contributed by atoms with Crippen molar-refractivity contribution in [3.05, 3.63) is 0 Å². The Morgan fingerprint density at radius 2 is 2.00 bits per heavy atom. The van der Waals surface area contributed by atoms with Crippen molar-refractivity contribution >= 4 is 5.91 Å². The van der Waals surface area contributed by atoms with Gasteiger partial charge in [-0.25, -0.2) is 0 Å². The minimum atomic E-state index is -0.644. The van der Waals surface area contributed by atoms with Crippen LogP contribution in [0, 0.1) is 0 Å². The molecule has 0 spiro atoms. The molecule has 1 atom stereocenters. The smallest absolute Gasteiger partial charge is 0.254 e. The van der Waals surface area contributed by atoms with Crippen molar-refractivity contribution in [2.75, 3.05) is 46.4 Å². The summed E-state index contributed by atoms with van der Waals surface area (Å²) in [6.07, 6.45) is 0.719. The maximum Gasteiger partial charge on any atom is 0.254 e. The predicted octanol–water partition coefficient (Wildman–Crippen LogP) is -0.0825. The van der Waals surface area contributed by atoms with Crippen LogP contribution in [0.3, 0.4) is 0 Å². The average molecular weight is 255 g/mol. The van der Waals surface area contributed by atoms with Gasteiger partial charge in [0.2, 0.25) is 0 Å². The van der Waals surface area contributed by atoms with Crippen LogP contribution in [0.25, 0.3) is 0 Å². The van der Waals surface area contributed by atoms with Gasteiger partial charge in [-0.3, -0.25) is 9.69 Å². The van der Waals surface area contributed by atoms with Crippen LogP contribution in [-0.2, 0) is 9.53 Å². The average Bonchev–Trinajstić information content (AvgIpc) is 2.37. The maximum absolute atomic E-state index is 12.3. The quantitative estimate of drug-likeness (QED) is 0.763. The van der Waals surface area contributed by atoms with Gasteiger partial charge in [0.1, 0.15) is 5.60 Å². The van der Waals surface area contributed by atoms with Gasteiger partial charge >= 0.3 is 0 Å². The molecule has 2 rings (SSSR count). The van der Waals surface area contributed by atoms with Crippen LogP contribution in [0.5, 0.6) is 0 Å². The number of carbonyl (C=O) groups excluding carboxylic acids is 1. The maximum atomic E-state index is 12.3. The van der Waals surface area contributed by atoms with E-state index in [-0.39, 0.29) is 5.91 Å². The summed E-state index contributed by atoms with van der Waals surface area (Å²) in [7, 11) is 1.62. The summed E-state index contributed by atoms with van der Waals surface area (Å²) < 4.78 is 5.37. The largest absolute Gasteiger partial charge is 0.369 e. The Labute approximate surface area is 109 Å². The Hall–Kier alpha value is -0.650. The van der Waals surface area contributed by atoms with E-state index < -0.39 is 5.60 Å². The van der Waals surface area contributed by atoms with Crippen molar-refractivity contribution in [2.24, 2.45) is 0 Å². The highest BCUT2D eigenvalue weighted by atomic mass is 16.5. The third-order valence-electron chi connectivity index (χ3n) is 4.40. The Balaban J connectivity index is 1.83. The number of piperazine rings is 1. The number of rotatable bonds is 4. The predicted molar refractivity (Wildman–Crippen MR) is 70.5 cm³/mol. The SMILES string of the molecule is CCC(C)(OC)C(=O)N1CC(N2CCNCC2)C1.